The second-order valence-corrected chi connectivity index (χ2v) is 5.56. The standard InChI is InChI=1S/C18H28N2O2/c1-3-5-7-13-17(21)19-15-11-9-10-12-16(15)20-18(22)14-8-6-4-2/h9-12H,3-8,13-14H2,1-2H3,(H,19,21)(H,20,22). The van der Waals surface area contributed by atoms with Crippen LogP contribution in [0.2, 0.25) is 0 Å². The van der Waals surface area contributed by atoms with Crippen LogP contribution in [-0.4, -0.2) is 11.8 Å². The van der Waals surface area contributed by atoms with E-state index in [1.54, 1.807) is 0 Å². The topological polar surface area (TPSA) is 58.2 Å². The molecule has 1 rings (SSSR count). The summed E-state index contributed by atoms with van der Waals surface area (Å²) >= 11 is 0. The predicted octanol–water partition coefficient (Wildman–Crippen LogP) is 4.72. The Bertz CT molecular complexity index is 429. The van der Waals surface area contributed by atoms with Crippen molar-refractivity contribution in [1.82, 2.24) is 0 Å². The first kappa shape index (κ1) is 18.2. The molecule has 122 valence electrons. The van der Waals surface area contributed by atoms with Gasteiger partial charge < -0.3 is 10.6 Å². The minimum Gasteiger partial charge on any atom is -0.324 e. The van der Waals surface area contributed by atoms with Gasteiger partial charge in [0.25, 0.3) is 0 Å². The van der Waals surface area contributed by atoms with Gasteiger partial charge in [0.1, 0.15) is 0 Å². The Kier molecular flexibility index (Phi) is 8.96. The number of carbonyl (C=O) groups excluding carboxylic acids is 2. The third-order valence-electron chi connectivity index (χ3n) is 3.49. The molecule has 1 aromatic rings. The largest absolute Gasteiger partial charge is 0.324 e. The molecule has 0 saturated carbocycles. The van der Waals surface area contributed by atoms with E-state index in [0.717, 1.165) is 38.5 Å². The summed E-state index contributed by atoms with van der Waals surface area (Å²) in [5, 5.41) is 5.78. The van der Waals surface area contributed by atoms with Gasteiger partial charge in [-0.15, -0.1) is 0 Å². The molecule has 0 aliphatic carbocycles. The number of amides is 2. The van der Waals surface area contributed by atoms with Gasteiger partial charge in [0.15, 0.2) is 0 Å². The van der Waals surface area contributed by atoms with Crippen LogP contribution < -0.4 is 10.6 Å². The molecule has 0 bridgehead atoms. The van der Waals surface area contributed by atoms with E-state index in [4.69, 9.17) is 0 Å². The molecule has 0 unspecified atom stereocenters. The smallest absolute Gasteiger partial charge is 0.224 e. The Morgan fingerprint density at radius 2 is 1.18 bits per heavy atom. The molecular formula is C18H28N2O2. The number of nitrogens with one attached hydrogen (secondary N) is 2. The van der Waals surface area contributed by atoms with Crippen molar-refractivity contribution in [2.45, 2.75) is 65.2 Å². The van der Waals surface area contributed by atoms with Crippen LogP contribution in [0.15, 0.2) is 24.3 Å². The number of hydrogen-bond acceptors (Lipinski definition) is 2. The lowest BCUT2D eigenvalue weighted by Gasteiger charge is -2.12. The molecule has 4 nitrogen and oxygen atoms in total. The maximum Gasteiger partial charge on any atom is 0.224 e. The average Bonchev–Trinajstić information content (AvgIpc) is 2.50. The second kappa shape index (κ2) is 10.8. The molecule has 0 aliphatic rings. The number of carbonyl (C=O) groups is 2. The van der Waals surface area contributed by atoms with E-state index in [0.29, 0.717) is 24.2 Å². The first-order valence-electron chi connectivity index (χ1n) is 8.36. The summed E-state index contributed by atoms with van der Waals surface area (Å²) in [6.45, 7) is 4.22. The zero-order valence-corrected chi connectivity index (χ0v) is 13.8. The number of hydrogen-bond donors (Lipinski definition) is 2. The molecule has 0 aliphatic heterocycles. The fourth-order valence-corrected chi connectivity index (χ4v) is 2.20. The van der Waals surface area contributed by atoms with Gasteiger partial charge in [-0.1, -0.05) is 51.7 Å². The van der Waals surface area contributed by atoms with Gasteiger partial charge in [-0.3, -0.25) is 9.59 Å². The molecule has 0 radical (unpaired) electrons. The van der Waals surface area contributed by atoms with Gasteiger partial charge in [0, 0.05) is 12.8 Å². The molecule has 22 heavy (non-hydrogen) atoms. The molecule has 4 heteroatoms. The lowest BCUT2D eigenvalue weighted by Crippen LogP contribution is -2.16. The van der Waals surface area contributed by atoms with Gasteiger partial charge in [-0.25, -0.2) is 0 Å². The second-order valence-electron chi connectivity index (χ2n) is 5.56. The average molecular weight is 304 g/mol. The summed E-state index contributed by atoms with van der Waals surface area (Å²) < 4.78 is 0. The number of anilines is 2. The van der Waals surface area contributed by atoms with Crippen molar-refractivity contribution in [2.24, 2.45) is 0 Å². The Morgan fingerprint density at radius 3 is 1.55 bits per heavy atom. The Balaban J connectivity index is 2.54. The van der Waals surface area contributed by atoms with Crippen LogP contribution in [0, 0.1) is 0 Å². The Labute approximate surface area is 133 Å². The Hall–Kier alpha value is -1.84. The molecular weight excluding hydrogens is 276 g/mol. The third kappa shape index (κ3) is 7.25. The van der Waals surface area contributed by atoms with E-state index in [1.807, 2.05) is 24.3 Å². The van der Waals surface area contributed by atoms with E-state index in [-0.39, 0.29) is 11.8 Å². The maximum atomic E-state index is 11.9. The lowest BCUT2D eigenvalue weighted by atomic mass is 10.2. The zero-order chi connectivity index (χ0) is 16.2. The van der Waals surface area contributed by atoms with Crippen LogP contribution in [0.3, 0.4) is 0 Å². The highest BCUT2D eigenvalue weighted by molar-refractivity contribution is 5.99. The normalized spacial score (nSPS) is 10.3. The minimum absolute atomic E-state index is 0.00105. The molecule has 0 spiro atoms. The fourth-order valence-electron chi connectivity index (χ4n) is 2.20. The summed E-state index contributed by atoms with van der Waals surface area (Å²) in [5.74, 6) is 0.00210. The number of para-hydroxylation sites is 2. The third-order valence-corrected chi connectivity index (χ3v) is 3.49. The molecule has 1 aromatic carbocycles. The van der Waals surface area contributed by atoms with Crippen molar-refractivity contribution < 1.29 is 9.59 Å². The van der Waals surface area contributed by atoms with Crippen molar-refractivity contribution in [1.29, 1.82) is 0 Å². The molecule has 2 amide bonds. The highest BCUT2D eigenvalue weighted by Crippen LogP contribution is 2.22. The number of unbranched alkanes of at least 4 members (excludes halogenated alkanes) is 4. The van der Waals surface area contributed by atoms with Crippen LogP contribution in [0.4, 0.5) is 11.4 Å². The monoisotopic (exact) mass is 304 g/mol. The fraction of sp³-hybridized carbons (Fsp3) is 0.556. The summed E-state index contributed by atoms with van der Waals surface area (Å²) in [7, 11) is 0. The molecule has 0 fully saturated rings. The SMILES string of the molecule is CCCCCC(=O)Nc1ccccc1NC(=O)CCCCC. The van der Waals surface area contributed by atoms with Gasteiger partial charge >= 0.3 is 0 Å². The molecule has 0 heterocycles. The minimum atomic E-state index is 0.00105. The predicted molar refractivity (Wildman–Crippen MR) is 92.0 cm³/mol. The first-order chi connectivity index (χ1) is 10.7. The zero-order valence-electron chi connectivity index (χ0n) is 13.8. The quantitative estimate of drug-likeness (QED) is 0.614. The maximum absolute atomic E-state index is 11.9. The van der Waals surface area contributed by atoms with Crippen molar-refractivity contribution in [3.05, 3.63) is 24.3 Å². The van der Waals surface area contributed by atoms with Gasteiger partial charge in [-0.05, 0) is 25.0 Å². The highest BCUT2D eigenvalue weighted by atomic mass is 16.2. The van der Waals surface area contributed by atoms with Crippen LogP contribution in [-0.2, 0) is 9.59 Å². The van der Waals surface area contributed by atoms with Crippen molar-refractivity contribution in [3.63, 3.8) is 0 Å². The van der Waals surface area contributed by atoms with E-state index in [2.05, 4.69) is 24.5 Å². The van der Waals surface area contributed by atoms with E-state index in [1.165, 1.54) is 0 Å². The summed E-state index contributed by atoms with van der Waals surface area (Å²) in [6, 6.07) is 7.35. The van der Waals surface area contributed by atoms with Crippen LogP contribution >= 0.6 is 0 Å². The van der Waals surface area contributed by atoms with Gasteiger partial charge in [0.2, 0.25) is 11.8 Å². The van der Waals surface area contributed by atoms with Crippen molar-refractivity contribution in [3.8, 4) is 0 Å². The molecule has 0 aromatic heterocycles. The van der Waals surface area contributed by atoms with E-state index in [9.17, 15) is 9.59 Å². The number of rotatable bonds is 10. The summed E-state index contributed by atoms with van der Waals surface area (Å²) in [5.41, 5.74) is 1.35. The van der Waals surface area contributed by atoms with Gasteiger partial charge in [-0.2, -0.15) is 0 Å². The van der Waals surface area contributed by atoms with Crippen LogP contribution in [0.5, 0.6) is 0 Å². The van der Waals surface area contributed by atoms with Crippen LogP contribution in [0.1, 0.15) is 65.2 Å². The molecule has 2 N–H and O–H groups in total. The first-order valence-corrected chi connectivity index (χ1v) is 8.36. The van der Waals surface area contributed by atoms with Gasteiger partial charge in [0.05, 0.1) is 11.4 Å². The van der Waals surface area contributed by atoms with Crippen LogP contribution in [0.25, 0.3) is 0 Å². The number of benzene rings is 1. The lowest BCUT2D eigenvalue weighted by molar-refractivity contribution is -0.117. The summed E-state index contributed by atoms with van der Waals surface area (Å²) in [6.07, 6.45) is 7.14. The van der Waals surface area contributed by atoms with Crippen molar-refractivity contribution in [2.75, 3.05) is 10.6 Å². The molecule has 0 saturated heterocycles. The molecule has 0 atom stereocenters. The van der Waals surface area contributed by atoms with E-state index >= 15 is 0 Å². The highest BCUT2D eigenvalue weighted by Gasteiger charge is 2.09. The van der Waals surface area contributed by atoms with Crippen molar-refractivity contribution >= 4 is 23.2 Å². The Morgan fingerprint density at radius 1 is 0.773 bits per heavy atom. The van der Waals surface area contributed by atoms with E-state index < -0.39 is 0 Å². The summed E-state index contributed by atoms with van der Waals surface area (Å²) in [4.78, 5) is 23.8.